The lowest BCUT2D eigenvalue weighted by Crippen LogP contribution is -2.27. The number of hydrogen-bond acceptors (Lipinski definition) is 5. The predicted octanol–water partition coefficient (Wildman–Crippen LogP) is 2.26. The molecule has 140 valence electrons. The van der Waals surface area contributed by atoms with Crippen molar-refractivity contribution in [3.63, 3.8) is 0 Å². The van der Waals surface area contributed by atoms with Crippen LogP contribution in [0.2, 0.25) is 0 Å². The second-order valence-electron chi connectivity index (χ2n) is 6.43. The molecule has 0 bridgehead atoms. The highest BCUT2D eigenvalue weighted by Crippen LogP contribution is 2.43. The fourth-order valence-electron chi connectivity index (χ4n) is 3.36. The molecule has 0 unspecified atom stereocenters. The first-order valence-electron chi connectivity index (χ1n) is 8.35. The number of aromatic nitrogens is 2. The third kappa shape index (κ3) is 2.81. The smallest absolute Gasteiger partial charge is 0.270 e. The van der Waals surface area contributed by atoms with Gasteiger partial charge in [0.05, 0.1) is 26.9 Å². The number of ether oxygens (including phenoxy) is 3. The number of carbonyl (C=O) groups excluding carboxylic acids is 1. The van der Waals surface area contributed by atoms with Crippen LogP contribution < -0.4 is 25.1 Å². The highest BCUT2D eigenvalue weighted by Gasteiger charge is 2.34. The molecule has 1 amide bonds. The van der Waals surface area contributed by atoms with E-state index in [1.807, 2.05) is 13.8 Å². The van der Waals surface area contributed by atoms with Gasteiger partial charge in [-0.15, -0.1) is 0 Å². The second kappa shape index (κ2) is 6.78. The molecule has 0 aliphatic carbocycles. The summed E-state index contributed by atoms with van der Waals surface area (Å²) in [6.07, 6.45) is 0.164. The molecule has 0 fully saturated rings. The van der Waals surface area contributed by atoms with Crippen molar-refractivity contribution in [1.29, 1.82) is 0 Å². The molecule has 2 aromatic rings. The molecule has 0 spiro atoms. The van der Waals surface area contributed by atoms with Crippen LogP contribution in [0.5, 0.6) is 17.2 Å². The Bertz CT molecular complexity index is 872. The van der Waals surface area contributed by atoms with E-state index in [-0.39, 0.29) is 23.9 Å². The number of methoxy groups -OCH3 is 3. The van der Waals surface area contributed by atoms with E-state index in [9.17, 15) is 9.59 Å². The molecule has 8 nitrogen and oxygen atoms in total. The summed E-state index contributed by atoms with van der Waals surface area (Å²) in [5.41, 5.74) is 1.07. The third-order valence-electron chi connectivity index (χ3n) is 4.56. The molecule has 1 aliphatic heterocycles. The number of H-pyrrole nitrogens is 1. The minimum Gasteiger partial charge on any atom is -0.493 e. The summed E-state index contributed by atoms with van der Waals surface area (Å²) in [6, 6.07) is 3.56. The van der Waals surface area contributed by atoms with Gasteiger partial charge in [0.15, 0.2) is 11.5 Å². The lowest BCUT2D eigenvalue weighted by Gasteiger charge is -2.25. The van der Waals surface area contributed by atoms with Crippen LogP contribution in [0.3, 0.4) is 0 Å². The van der Waals surface area contributed by atoms with E-state index >= 15 is 0 Å². The second-order valence-corrected chi connectivity index (χ2v) is 6.43. The Morgan fingerprint density at radius 1 is 1.08 bits per heavy atom. The van der Waals surface area contributed by atoms with Gasteiger partial charge < -0.3 is 19.5 Å². The van der Waals surface area contributed by atoms with E-state index in [0.717, 1.165) is 5.56 Å². The average Bonchev–Trinajstić information content (AvgIpc) is 2.96. The molecule has 0 radical (unpaired) electrons. The van der Waals surface area contributed by atoms with Gasteiger partial charge in [0.25, 0.3) is 5.56 Å². The molecule has 2 heterocycles. The number of aromatic amines is 1. The third-order valence-corrected chi connectivity index (χ3v) is 4.56. The lowest BCUT2D eigenvalue weighted by molar-refractivity contribution is -0.116. The summed E-state index contributed by atoms with van der Waals surface area (Å²) in [7, 11) is 4.59. The first kappa shape index (κ1) is 17.9. The minimum absolute atomic E-state index is 0.00504. The number of anilines is 1. The van der Waals surface area contributed by atoms with Crippen molar-refractivity contribution in [1.82, 2.24) is 9.78 Å². The molecule has 1 aromatic carbocycles. The van der Waals surface area contributed by atoms with E-state index in [1.54, 1.807) is 16.8 Å². The minimum atomic E-state index is -0.406. The fraction of sp³-hybridized carbons (Fsp3) is 0.444. The normalized spacial score (nSPS) is 16.2. The van der Waals surface area contributed by atoms with Crippen molar-refractivity contribution in [3.8, 4) is 17.2 Å². The molecule has 26 heavy (non-hydrogen) atoms. The molecule has 1 aromatic heterocycles. The van der Waals surface area contributed by atoms with Crippen LogP contribution in [0.1, 0.15) is 43.4 Å². The Hall–Kier alpha value is -2.90. The van der Waals surface area contributed by atoms with Gasteiger partial charge in [0.2, 0.25) is 11.7 Å². The number of fused-ring (bicyclic) bond motifs is 1. The standard InChI is InChI=1S/C18H23N3O5/c1-9(2)21-17-15(18(23)20-21)11(8-14(22)19-17)10-6-12(24-3)16(26-5)13(7-10)25-4/h6-7,9,11H,8H2,1-5H3,(H,19,22)(H,20,23)/t11-/m1/s1. The van der Waals surface area contributed by atoms with Crippen LogP contribution in [-0.4, -0.2) is 37.0 Å². The maximum absolute atomic E-state index is 12.6. The summed E-state index contributed by atoms with van der Waals surface area (Å²) in [6.45, 7) is 3.87. The van der Waals surface area contributed by atoms with E-state index in [2.05, 4.69) is 10.4 Å². The van der Waals surface area contributed by atoms with Crippen molar-refractivity contribution in [2.24, 2.45) is 0 Å². The number of rotatable bonds is 5. The summed E-state index contributed by atoms with van der Waals surface area (Å²) in [5, 5.41) is 5.63. The van der Waals surface area contributed by atoms with Crippen LogP contribution in [0.25, 0.3) is 0 Å². The van der Waals surface area contributed by atoms with Gasteiger partial charge in [-0.2, -0.15) is 0 Å². The predicted molar refractivity (Wildman–Crippen MR) is 96.6 cm³/mol. The summed E-state index contributed by atoms with van der Waals surface area (Å²) < 4.78 is 17.8. The lowest BCUT2D eigenvalue weighted by atomic mass is 9.86. The Labute approximate surface area is 151 Å². The summed E-state index contributed by atoms with van der Waals surface area (Å²) in [4.78, 5) is 24.9. The Morgan fingerprint density at radius 2 is 1.69 bits per heavy atom. The van der Waals surface area contributed by atoms with Crippen LogP contribution in [0, 0.1) is 0 Å². The number of amides is 1. The quantitative estimate of drug-likeness (QED) is 0.852. The topological polar surface area (TPSA) is 94.6 Å². The van der Waals surface area contributed by atoms with Gasteiger partial charge in [-0.05, 0) is 31.5 Å². The summed E-state index contributed by atoms with van der Waals surface area (Å²) in [5.74, 6) is 1.39. The maximum atomic E-state index is 12.6. The number of benzene rings is 1. The van der Waals surface area contributed by atoms with Crippen LogP contribution in [0.4, 0.5) is 5.82 Å². The molecule has 2 N–H and O–H groups in total. The van der Waals surface area contributed by atoms with Crippen LogP contribution in [-0.2, 0) is 4.79 Å². The van der Waals surface area contributed by atoms with Gasteiger partial charge in [-0.3, -0.25) is 19.4 Å². The van der Waals surface area contributed by atoms with E-state index in [4.69, 9.17) is 14.2 Å². The monoisotopic (exact) mass is 361 g/mol. The van der Waals surface area contributed by atoms with Crippen molar-refractivity contribution >= 4 is 11.7 Å². The Balaban J connectivity index is 2.20. The average molecular weight is 361 g/mol. The van der Waals surface area contributed by atoms with Gasteiger partial charge in [0.1, 0.15) is 5.82 Å². The Morgan fingerprint density at radius 3 is 2.19 bits per heavy atom. The maximum Gasteiger partial charge on any atom is 0.270 e. The van der Waals surface area contributed by atoms with Crippen molar-refractivity contribution in [3.05, 3.63) is 33.6 Å². The molecule has 8 heteroatoms. The zero-order valence-electron chi connectivity index (χ0n) is 15.5. The number of hydrogen-bond donors (Lipinski definition) is 2. The van der Waals surface area contributed by atoms with Gasteiger partial charge in [0, 0.05) is 18.4 Å². The zero-order chi connectivity index (χ0) is 19.0. The molecule has 3 rings (SSSR count). The highest BCUT2D eigenvalue weighted by atomic mass is 16.5. The summed E-state index contributed by atoms with van der Waals surface area (Å²) >= 11 is 0. The number of nitrogens with one attached hydrogen (secondary N) is 2. The van der Waals surface area contributed by atoms with Gasteiger partial charge in [-0.25, -0.2) is 0 Å². The molecular weight excluding hydrogens is 338 g/mol. The van der Waals surface area contributed by atoms with E-state index in [1.165, 1.54) is 21.3 Å². The fourth-order valence-corrected chi connectivity index (χ4v) is 3.36. The first-order chi connectivity index (χ1) is 12.4. The SMILES string of the molecule is COc1cc([C@H]2CC(=O)Nc3c2c(=O)[nH]n3C(C)C)cc(OC)c1OC. The molecule has 1 aliphatic rings. The molecule has 1 atom stereocenters. The van der Waals surface area contributed by atoms with Gasteiger partial charge >= 0.3 is 0 Å². The highest BCUT2D eigenvalue weighted by molar-refractivity contribution is 5.94. The Kier molecular flexibility index (Phi) is 4.67. The molecule has 0 saturated heterocycles. The molecular formula is C18H23N3O5. The van der Waals surface area contributed by atoms with Crippen molar-refractivity contribution < 1.29 is 19.0 Å². The van der Waals surface area contributed by atoms with Gasteiger partial charge in [-0.1, -0.05) is 0 Å². The number of carbonyl (C=O) groups is 1. The van der Waals surface area contributed by atoms with Crippen LogP contribution in [0.15, 0.2) is 16.9 Å². The van der Waals surface area contributed by atoms with Crippen molar-refractivity contribution in [2.45, 2.75) is 32.2 Å². The molecule has 0 saturated carbocycles. The van der Waals surface area contributed by atoms with E-state index < -0.39 is 5.92 Å². The first-order valence-corrected chi connectivity index (χ1v) is 8.35. The number of nitrogens with zero attached hydrogens (tertiary/aromatic N) is 1. The van der Waals surface area contributed by atoms with Crippen molar-refractivity contribution in [2.75, 3.05) is 26.6 Å². The van der Waals surface area contributed by atoms with E-state index in [0.29, 0.717) is 28.6 Å². The zero-order valence-corrected chi connectivity index (χ0v) is 15.5. The van der Waals surface area contributed by atoms with Crippen LogP contribution >= 0.6 is 0 Å². The largest absolute Gasteiger partial charge is 0.493 e.